The second-order valence-corrected chi connectivity index (χ2v) is 5.28. The second kappa shape index (κ2) is 4.21. The zero-order chi connectivity index (χ0) is 13.6. The molecule has 2 fully saturated rings. The lowest BCUT2D eigenvalue weighted by molar-refractivity contribution is -0.119. The van der Waals surface area contributed by atoms with E-state index < -0.39 is 5.72 Å². The maximum atomic E-state index is 11.3. The smallest absolute Gasteiger partial charge is 0.298 e. The van der Waals surface area contributed by atoms with Crippen LogP contribution >= 0.6 is 0 Å². The number of piperidine rings is 1. The highest BCUT2D eigenvalue weighted by Gasteiger charge is 2.42. The fraction of sp³-hybridized carbons (Fsp3) is 0.429. The van der Waals surface area contributed by atoms with E-state index in [-0.39, 0.29) is 12.5 Å². The number of ether oxygens (including phenoxy) is 1. The number of oxazole rings is 1. The zero-order valence-corrected chi connectivity index (χ0v) is 11.0. The monoisotopic (exact) mass is 273 g/mol. The summed E-state index contributed by atoms with van der Waals surface area (Å²) in [6, 6.07) is 8.38. The first kappa shape index (κ1) is 11.7. The maximum Gasteiger partial charge on any atom is 0.298 e. The zero-order valence-electron chi connectivity index (χ0n) is 11.0. The van der Waals surface area contributed by atoms with Crippen LogP contribution in [0, 0.1) is 0 Å². The summed E-state index contributed by atoms with van der Waals surface area (Å²) in [5.74, 6) is -0.0275. The lowest BCUT2D eigenvalue weighted by Crippen LogP contribution is -2.52. The largest absolute Gasteiger partial charge is 0.423 e. The topological polar surface area (TPSA) is 67.6 Å². The molecule has 4 rings (SSSR count). The molecule has 2 aliphatic rings. The first-order valence-corrected chi connectivity index (χ1v) is 6.80. The Labute approximate surface area is 115 Å². The molecule has 2 saturated heterocycles. The number of hydrogen-bond donors (Lipinski definition) is 1. The van der Waals surface area contributed by atoms with Gasteiger partial charge in [-0.15, -0.1) is 0 Å². The van der Waals surface area contributed by atoms with Crippen molar-refractivity contribution >= 4 is 23.0 Å². The molecule has 6 nitrogen and oxygen atoms in total. The van der Waals surface area contributed by atoms with Gasteiger partial charge in [-0.1, -0.05) is 12.1 Å². The maximum absolute atomic E-state index is 11.3. The molecule has 0 atom stereocenters. The van der Waals surface area contributed by atoms with Crippen LogP contribution in [0.25, 0.3) is 11.1 Å². The summed E-state index contributed by atoms with van der Waals surface area (Å²) < 4.78 is 11.4. The number of carbonyl (C=O) groups excluding carboxylic acids is 1. The highest BCUT2D eigenvalue weighted by atomic mass is 16.5. The number of nitrogens with one attached hydrogen (secondary N) is 1. The molecule has 0 saturated carbocycles. The van der Waals surface area contributed by atoms with Gasteiger partial charge in [0.05, 0.1) is 0 Å². The van der Waals surface area contributed by atoms with Gasteiger partial charge in [-0.25, -0.2) is 0 Å². The average molecular weight is 273 g/mol. The molecule has 1 aromatic carbocycles. The molecule has 2 aromatic rings. The average Bonchev–Trinajstić information content (AvgIpc) is 3.04. The lowest BCUT2D eigenvalue weighted by Gasteiger charge is -2.37. The number of rotatable bonds is 1. The molecule has 2 aliphatic heterocycles. The molecule has 20 heavy (non-hydrogen) atoms. The van der Waals surface area contributed by atoms with Gasteiger partial charge in [0.1, 0.15) is 17.8 Å². The molecule has 0 unspecified atom stereocenters. The van der Waals surface area contributed by atoms with Crippen molar-refractivity contribution in [2.45, 2.75) is 18.6 Å². The Morgan fingerprint density at radius 2 is 2.05 bits per heavy atom. The summed E-state index contributed by atoms with van der Waals surface area (Å²) in [6.07, 6.45) is 1.49. The van der Waals surface area contributed by atoms with Crippen molar-refractivity contribution in [1.29, 1.82) is 0 Å². The van der Waals surface area contributed by atoms with Gasteiger partial charge in [0.2, 0.25) is 5.91 Å². The van der Waals surface area contributed by atoms with Crippen LogP contribution in [0.2, 0.25) is 0 Å². The predicted octanol–water partition coefficient (Wildman–Crippen LogP) is 1.27. The molecule has 0 aliphatic carbocycles. The predicted molar refractivity (Wildman–Crippen MR) is 72.3 cm³/mol. The Hall–Kier alpha value is -2.08. The van der Waals surface area contributed by atoms with Gasteiger partial charge in [-0.2, -0.15) is 4.98 Å². The summed E-state index contributed by atoms with van der Waals surface area (Å²) >= 11 is 0. The molecule has 104 valence electrons. The molecular formula is C14H15N3O3. The van der Waals surface area contributed by atoms with Crippen LogP contribution in [0.4, 0.5) is 6.01 Å². The molecule has 1 N–H and O–H groups in total. The minimum Gasteiger partial charge on any atom is -0.423 e. The molecule has 0 bridgehead atoms. The number of aromatic nitrogens is 1. The number of anilines is 1. The Kier molecular flexibility index (Phi) is 2.47. The fourth-order valence-electron chi connectivity index (χ4n) is 2.85. The number of amides is 1. The summed E-state index contributed by atoms with van der Waals surface area (Å²) in [5.41, 5.74) is 1.20. The van der Waals surface area contributed by atoms with E-state index in [2.05, 4.69) is 15.2 Å². The highest BCUT2D eigenvalue weighted by molar-refractivity contribution is 5.79. The van der Waals surface area contributed by atoms with E-state index in [1.807, 2.05) is 24.3 Å². The van der Waals surface area contributed by atoms with Crippen LogP contribution in [0.15, 0.2) is 28.7 Å². The molecule has 3 heterocycles. The van der Waals surface area contributed by atoms with Crippen LogP contribution in [0.5, 0.6) is 0 Å². The van der Waals surface area contributed by atoms with Gasteiger partial charge in [0, 0.05) is 25.9 Å². The van der Waals surface area contributed by atoms with Crippen LogP contribution in [0.3, 0.4) is 0 Å². The molecule has 1 spiro atoms. The van der Waals surface area contributed by atoms with E-state index in [0.717, 1.165) is 37.0 Å². The van der Waals surface area contributed by atoms with Crippen LogP contribution in [-0.2, 0) is 9.53 Å². The number of fused-ring (bicyclic) bond motifs is 1. The van der Waals surface area contributed by atoms with E-state index in [0.29, 0.717) is 6.01 Å². The number of nitrogens with zero attached hydrogens (tertiary/aromatic N) is 2. The Bertz CT molecular complexity index is 625. The van der Waals surface area contributed by atoms with Crippen LogP contribution in [-0.4, -0.2) is 36.3 Å². The first-order valence-electron chi connectivity index (χ1n) is 6.80. The minimum absolute atomic E-state index is 0.0275. The van der Waals surface area contributed by atoms with Gasteiger partial charge >= 0.3 is 0 Å². The quantitative estimate of drug-likeness (QED) is 0.847. The lowest BCUT2D eigenvalue weighted by atomic mass is 10.0. The Morgan fingerprint density at radius 1 is 1.25 bits per heavy atom. The van der Waals surface area contributed by atoms with Gasteiger partial charge in [0.25, 0.3) is 6.01 Å². The third-order valence-corrected chi connectivity index (χ3v) is 3.97. The van der Waals surface area contributed by atoms with Crippen molar-refractivity contribution in [2.75, 3.05) is 24.6 Å². The van der Waals surface area contributed by atoms with E-state index in [4.69, 9.17) is 9.15 Å². The third kappa shape index (κ3) is 1.84. The van der Waals surface area contributed by atoms with Gasteiger partial charge in [0.15, 0.2) is 5.58 Å². The van der Waals surface area contributed by atoms with Gasteiger partial charge in [-0.3, -0.25) is 4.79 Å². The number of para-hydroxylation sites is 2. The SMILES string of the molecule is O=C1COC2(CCN(c3nc4ccccc4o3)CC2)N1. The summed E-state index contributed by atoms with van der Waals surface area (Å²) in [4.78, 5) is 17.9. The molecular weight excluding hydrogens is 258 g/mol. The molecule has 1 amide bonds. The van der Waals surface area contributed by atoms with Crippen molar-refractivity contribution < 1.29 is 13.9 Å². The summed E-state index contributed by atoms with van der Waals surface area (Å²) in [7, 11) is 0. The van der Waals surface area contributed by atoms with E-state index >= 15 is 0 Å². The van der Waals surface area contributed by atoms with E-state index in [9.17, 15) is 4.79 Å². The van der Waals surface area contributed by atoms with Crippen molar-refractivity contribution in [3.05, 3.63) is 24.3 Å². The number of carbonyl (C=O) groups is 1. The van der Waals surface area contributed by atoms with Crippen LogP contribution in [0.1, 0.15) is 12.8 Å². The molecule has 1 aromatic heterocycles. The summed E-state index contributed by atoms with van der Waals surface area (Å²) in [6.45, 7) is 1.68. The minimum atomic E-state index is -0.473. The molecule has 0 radical (unpaired) electrons. The molecule has 6 heteroatoms. The number of benzene rings is 1. The van der Waals surface area contributed by atoms with Crippen molar-refractivity contribution in [3.8, 4) is 0 Å². The second-order valence-electron chi connectivity index (χ2n) is 5.28. The normalized spacial score (nSPS) is 21.6. The highest BCUT2D eigenvalue weighted by Crippen LogP contribution is 2.30. The van der Waals surface area contributed by atoms with E-state index in [1.165, 1.54) is 0 Å². The fourth-order valence-corrected chi connectivity index (χ4v) is 2.85. The van der Waals surface area contributed by atoms with Gasteiger partial charge in [-0.05, 0) is 12.1 Å². The van der Waals surface area contributed by atoms with Crippen molar-refractivity contribution in [1.82, 2.24) is 10.3 Å². The number of hydrogen-bond acceptors (Lipinski definition) is 5. The third-order valence-electron chi connectivity index (χ3n) is 3.97. The van der Waals surface area contributed by atoms with E-state index in [1.54, 1.807) is 0 Å². The standard InChI is InChI=1S/C14H15N3O3/c18-12-9-19-14(16-12)5-7-17(8-6-14)13-15-10-3-1-2-4-11(10)20-13/h1-4H,5-9H2,(H,16,18). The Balaban J connectivity index is 1.52. The van der Waals surface area contributed by atoms with Crippen molar-refractivity contribution in [2.24, 2.45) is 0 Å². The van der Waals surface area contributed by atoms with Crippen LogP contribution < -0.4 is 10.2 Å². The Morgan fingerprint density at radius 3 is 2.75 bits per heavy atom. The van der Waals surface area contributed by atoms with Gasteiger partial charge < -0.3 is 19.4 Å². The summed E-state index contributed by atoms with van der Waals surface area (Å²) in [5, 5.41) is 2.93. The first-order chi connectivity index (χ1) is 9.74. The van der Waals surface area contributed by atoms with Crippen molar-refractivity contribution in [3.63, 3.8) is 0 Å².